The molecule has 0 amide bonds. The summed E-state index contributed by atoms with van der Waals surface area (Å²) in [6.07, 6.45) is 10.00. The minimum absolute atomic E-state index is 0.280. The predicted molar refractivity (Wildman–Crippen MR) is 50.2 cm³/mol. The lowest BCUT2D eigenvalue weighted by Crippen LogP contribution is -2.50. The van der Waals surface area contributed by atoms with Gasteiger partial charge in [-0.1, -0.05) is 19.3 Å². The Hall–Kier alpha value is -0.120. The number of ether oxygens (including phenoxy) is 1. The molecule has 3 fully saturated rings. The van der Waals surface area contributed by atoms with Crippen molar-refractivity contribution in [2.45, 2.75) is 57.2 Å². The van der Waals surface area contributed by atoms with Gasteiger partial charge in [0.05, 0.1) is 0 Å². The van der Waals surface area contributed by atoms with E-state index in [2.05, 4.69) is 0 Å². The van der Waals surface area contributed by atoms with Gasteiger partial charge < -0.3 is 4.74 Å². The van der Waals surface area contributed by atoms with Gasteiger partial charge in [0, 0.05) is 11.8 Å². The molecule has 3 aliphatic rings. The van der Waals surface area contributed by atoms with Crippen LogP contribution in [-0.4, -0.2) is 12.6 Å². The van der Waals surface area contributed by atoms with E-state index in [1.807, 2.05) is 0 Å². The highest BCUT2D eigenvalue weighted by Crippen LogP contribution is 2.58. The van der Waals surface area contributed by atoms with Crippen LogP contribution >= 0.6 is 0 Å². The molecule has 0 aromatic heterocycles. The van der Waals surface area contributed by atoms with Crippen LogP contribution < -0.4 is 0 Å². The number of hydrogen-bond acceptors (Lipinski definition) is 3. The molecule has 0 radical (unpaired) electrons. The van der Waals surface area contributed by atoms with E-state index in [0.717, 1.165) is 6.42 Å². The highest BCUT2D eigenvalue weighted by atomic mass is 17.3. The van der Waals surface area contributed by atoms with Gasteiger partial charge >= 0.3 is 0 Å². The molecule has 1 aliphatic heterocycles. The molecule has 1 heterocycles. The molecule has 2 spiro atoms. The van der Waals surface area contributed by atoms with Crippen molar-refractivity contribution in [2.75, 3.05) is 6.79 Å². The smallest absolute Gasteiger partial charge is 0.209 e. The van der Waals surface area contributed by atoms with Crippen LogP contribution in [-0.2, 0) is 14.5 Å². The van der Waals surface area contributed by atoms with Crippen LogP contribution in [0.5, 0.6) is 0 Å². The summed E-state index contributed by atoms with van der Waals surface area (Å²) in [7, 11) is 0. The predicted octanol–water partition coefficient (Wildman–Crippen LogP) is 2.75. The van der Waals surface area contributed by atoms with Crippen molar-refractivity contribution >= 4 is 0 Å². The molecular weight excluding hydrogens is 180 g/mol. The Morgan fingerprint density at radius 2 is 1.43 bits per heavy atom. The van der Waals surface area contributed by atoms with Crippen LogP contribution in [0.15, 0.2) is 0 Å². The summed E-state index contributed by atoms with van der Waals surface area (Å²) >= 11 is 0. The zero-order valence-electron chi connectivity index (χ0n) is 8.59. The molecular formula is C11H18O3. The minimum atomic E-state index is -0.373. The lowest BCUT2D eigenvalue weighted by atomic mass is 9.68. The third-order valence-electron chi connectivity index (χ3n) is 4.31. The van der Waals surface area contributed by atoms with Gasteiger partial charge in [-0.2, -0.15) is 4.89 Å². The largest absolute Gasteiger partial charge is 0.317 e. The molecule has 14 heavy (non-hydrogen) atoms. The quantitative estimate of drug-likeness (QED) is 0.560. The Morgan fingerprint density at radius 1 is 0.786 bits per heavy atom. The molecule has 0 bridgehead atoms. The van der Waals surface area contributed by atoms with E-state index in [9.17, 15) is 0 Å². The first-order chi connectivity index (χ1) is 6.87. The Kier molecular flexibility index (Phi) is 2.08. The molecule has 0 aromatic rings. The molecule has 80 valence electrons. The molecule has 1 saturated heterocycles. The second-order valence-electron chi connectivity index (χ2n) is 4.91. The van der Waals surface area contributed by atoms with Gasteiger partial charge in [0.15, 0.2) is 6.79 Å². The van der Waals surface area contributed by atoms with Gasteiger partial charge in [-0.3, -0.25) is 0 Å². The van der Waals surface area contributed by atoms with Gasteiger partial charge in [-0.15, -0.1) is 0 Å². The standard InChI is InChI=1S/C11H18O3/c1-2-6-10(5-1)7-3-4-8-11(10)12-9-13-14-11/h1-9H2. The minimum Gasteiger partial charge on any atom is -0.317 e. The third-order valence-corrected chi connectivity index (χ3v) is 4.31. The fraction of sp³-hybridized carbons (Fsp3) is 1.00. The number of rotatable bonds is 0. The van der Waals surface area contributed by atoms with Crippen molar-refractivity contribution < 1.29 is 14.5 Å². The van der Waals surface area contributed by atoms with E-state index < -0.39 is 0 Å². The van der Waals surface area contributed by atoms with Gasteiger partial charge in [-0.25, -0.2) is 4.89 Å². The van der Waals surface area contributed by atoms with Gasteiger partial charge in [-0.05, 0) is 25.7 Å². The summed E-state index contributed by atoms with van der Waals surface area (Å²) in [4.78, 5) is 10.5. The average molecular weight is 198 g/mol. The summed E-state index contributed by atoms with van der Waals surface area (Å²) < 4.78 is 5.77. The lowest BCUT2D eigenvalue weighted by Gasteiger charge is -2.46. The Labute approximate surface area is 84.6 Å². The summed E-state index contributed by atoms with van der Waals surface area (Å²) in [5.74, 6) is -0.373. The van der Waals surface area contributed by atoms with E-state index in [1.165, 1.54) is 44.9 Å². The Morgan fingerprint density at radius 3 is 2.00 bits per heavy atom. The maximum Gasteiger partial charge on any atom is 0.209 e. The fourth-order valence-corrected chi connectivity index (χ4v) is 3.58. The fourth-order valence-electron chi connectivity index (χ4n) is 3.58. The van der Waals surface area contributed by atoms with Gasteiger partial charge in [0.1, 0.15) is 0 Å². The molecule has 2 saturated carbocycles. The van der Waals surface area contributed by atoms with Crippen molar-refractivity contribution in [3.63, 3.8) is 0 Å². The molecule has 1 unspecified atom stereocenters. The molecule has 3 rings (SSSR count). The molecule has 0 aromatic carbocycles. The highest BCUT2D eigenvalue weighted by Gasteiger charge is 2.59. The van der Waals surface area contributed by atoms with Crippen LogP contribution in [0.3, 0.4) is 0 Å². The Balaban J connectivity index is 1.91. The van der Waals surface area contributed by atoms with E-state index in [0.29, 0.717) is 6.79 Å². The summed E-state index contributed by atoms with van der Waals surface area (Å²) in [6.45, 7) is 0.321. The first kappa shape index (κ1) is 9.13. The molecule has 3 heteroatoms. The second-order valence-corrected chi connectivity index (χ2v) is 4.91. The van der Waals surface area contributed by atoms with E-state index in [1.54, 1.807) is 0 Å². The normalized spacial score (nSPS) is 41.1. The zero-order valence-corrected chi connectivity index (χ0v) is 8.59. The summed E-state index contributed by atoms with van der Waals surface area (Å²) in [5, 5.41) is 0. The van der Waals surface area contributed by atoms with Gasteiger partial charge in [0.25, 0.3) is 0 Å². The molecule has 1 atom stereocenters. The number of fused-ring (bicyclic) bond motifs is 1. The Bertz CT molecular complexity index is 191. The summed E-state index contributed by atoms with van der Waals surface area (Å²) in [6, 6.07) is 0. The second kappa shape index (κ2) is 3.19. The molecule has 0 N–H and O–H groups in total. The SMILES string of the molecule is C1CCC2(C1)CCCCC21OCOO1. The van der Waals surface area contributed by atoms with E-state index in [4.69, 9.17) is 14.5 Å². The maximum atomic E-state index is 5.77. The van der Waals surface area contributed by atoms with E-state index >= 15 is 0 Å². The van der Waals surface area contributed by atoms with Crippen LogP contribution in [0.2, 0.25) is 0 Å². The summed E-state index contributed by atoms with van der Waals surface area (Å²) in [5.41, 5.74) is 0.280. The highest BCUT2D eigenvalue weighted by molar-refractivity contribution is 5.00. The van der Waals surface area contributed by atoms with Crippen molar-refractivity contribution in [3.8, 4) is 0 Å². The third kappa shape index (κ3) is 1.09. The van der Waals surface area contributed by atoms with Gasteiger partial charge in [0.2, 0.25) is 5.79 Å². The van der Waals surface area contributed by atoms with Crippen molar-refractivity contribution in [1.82, 2.24) is 0 Å². The van der Waals surface area contributed by atoms with Crippen LogP contribution in [0.4, 0.5) is 0 Å². The first-order valence-corrected chi connectivity index (χ1v) is 5.82. The van der Waals surface area contributed by atoms with Crippen molar-refractivity contribution in [1.29, 1.82) is 0 Å². The van der Waals surface area contributed by atoms with Crippen LogP contribution in [0.1, 0.15) is 51.4 Å². The van der Waals surface area contributed by atoms with Crippen molar-refractivity contribution in [2.24, 2.45) is 5.41 Å². The van der Waals surface area contributed by atoms with Crippen molar-refractivity contribution in [3.05, 3.63) is 0 Å². The first-order valence-electron chi connectivity index (χ1n) is 5.82. The van der Waals surface area contributed by atoms with Crippen LogP contribution in [0, 0.1) is 5.41 Å². The zero-order chi connectivity index (χ0) is 9.49. The van der Waals surface area contributed by atoms with E-state index in [-0.39, 0.29) is 11.2 Å². The topological polar surface area (TPSA) is 27.7 Å². The van der Waals surface area contributed by atoms with Crippen LogP contribution in [0.25, 0.3) is 0 Å². The number of hydrogen-bond donors (Lipinski definition) is 0. The maximum absolute atomic E-state index is 5.77. The average Bonchev–Trinajstić information content (AvgIpc) is 2.81. The monoisotopic (exact) mass is 198 g/mol. The molecule has 3 nitrogen and oxygen atoms in total. The molecule has 2 aliphatic carbocycles. The lowest BCUT2D eigenvalue weighted by molar-refractivity contribution is -0.364.